The van der Waals surface area contributed by atoms with Crippen molar-refractivity contribution in [1.82, 2.24) is 4.90 Å². The predicted molar refractivity (Wildman–Crippen MR) is 109 cm³/mol. The van der Waals surface area contributed by atoms with Crippen LogP contribution in [0.4, 0.5) is 30.6 Å². The van der Waals surface area contributed by atoms with Crippen LogP contribution >= 0.6 is 0 Å². The topological polar surface area (TPSA) is 64.7 Å². The number of nitrogens with one attached hydrogen (secondary N) is 2. The average Bonchev–Trinajstić information content (AvgIpc) is 2.71. The number of urea groups is 1. The Morgan fingerprint density at radius 3 is 2.38 bits per heavy atom. The van der Waals surface area contributed by atoms with E-state index < -0.39 is 23.6 Å². The molecule has 0 aliphatic carbocycles. The summed E-state index contributed by atoms with van der Waals surface area (Å²) < 4.78 is 27.9. The van der Waals surface area contributed by atoms with Gasteiger partial charge in [0.15, 0.2) is 0 Å². The van der Waals surface area contributed by atoms with Crippen LogP contribution < -0.4 is 15.5 Å². The largest absolute Gasteiger partial charge is 0.369 e. The first-order valence-electron chi connectivity index (χ1n) is 9.45. The van der Waals surface area contributed by atoms with E-state index in [1.165, 1.54) is 11.8 Å². The zero-order valence-electron chi connectivity index (χ0n) is 16.4. The van der Waals surface area contributed by atoms with Crippen LogP contribution in [0.15, 0.2) is 42.5 Å². The fourth-order valence-electron chi connectivity index (χ4n) is 3.44. The Morgan fingerprint density at radius 1 is 1.07 bits per heavy atom. The smallest absolute Gasteiger partial charge is 0.321 e. The number of anilines is 3. The third-order valence-corrected chi connectivity index (χ3v) is 4.99. The average molecular weight is 402 g/mol. The highest BCUT2D eigenvalue weighted by Crippen LogP contribution is 2.25. The summed E-state index contributed by atoms with van der Waals surface area (Å²) in [6, 6.07) is 11.1. The fourth-order valence-corrected chi connectivity index (χ4v) is 3.44. The number of hydrogen-bond acceptors (Lipinski definition) is 3. The van der Waals surface area contributed by atoms with Gasteiger partial charge in [0.2, 0.25) is 5.91 Å². The molecular formula is C21H24F2N4O2. The molecule has 0 bridgehead atoms. The number of halogens is 2. The van der Waals surface area contributed by atoms with Crippen LogP contribution in [0.1, 0.15) is 19.8 Å². The summed E-state index contributed by atoms with van der Waals surface area (Å²) in [6.45, 7) is 2.79. The molecule has 0 aromatic heterocycles. The summed E-state index contributed by atoms with van der Waals surface area (Å²) in [7, 11) is 1.66. The van der Waals surface area contributed by atoms with Crippen molar-refractivity contribution in [3.63, 3.8) is 0 Å². The van der Waals surface area contributed by atoms with Gasteiger partial charge < -0.3 is 20.4 Å². The number of nitrogens with zero attached hydrogens (tertiary/aromatic N) is 2. The molecule has 2 N–H and O–H groups in total. The second kappa shape index (κ2) is 8.89. The van der Waals surface area contributed by atoms with Gasteiger partial charge in [-0.1, -0.05) is 18.2 Å². The highest BCUT2D eigenvalue weighted by atomic mass is 19.1. The number of benzene rings is 2. The molecule has 0 saturated carbocycles. The minimum absolute atomic E-state index is 0.0534. The first-order chi connectivity index (χ1) is 13.8. The lowest BCUT2D eigenvalue weighted by Crippen LogP contribution is -2.49. The lowest BCUT2D eigenvalue weighted by molar-refractivity contribution is -0.114. The molecule has 6 nitrogen and oxygen atoms in total. The molecule has 1 heterocycles. The van der Waals surface area contributed by atoms with Crippen LogP contribution in [0.5, 0.6) is 0 Å². The lowest BCUT2D eigenvalue weighted by Gasteiger charge is -2.38. The minimum Gasteiger partial charge on any atom is -0.369 e. The minimum atomic E-state index is -0.909. The van der Waals surface area contributed by atoms with E-state index in [-0.39, 0.29) is 17.4 Å². The normalized spacial score (nSPS) is 16.3. The summed E-state index contributed by atoms with van der Waals surface area (Å²) in [4.78, 5) is 27.6. The van der Waals surface area contributed by atoms with Crippen LogP contribution in [0, 0.1) is 11.6 Å². The van der Waals surface area contributed by atoms with Gasteiger partial charge in [0.25, 0.3) is 0 Å². The van der Waals surface area contributed by atoms with Gasteiger partial charge in [0.1, 0.15) is 11.6 Å². The monoisotopic (exact) mass is 402 g/mol. The van der Waals surface area contributed by atoms with E-state index in [2.05, 4.69) is 15.5 Å². The SMILES string of the molecule is CC(=O)Nc1cc(NC(=O)N(C)C2CCCN(c3ccccc3)C2)c(F)cc1F. The summed E-state index contributed by atoms with van der Waals surface area (Å²) >= 11 is 0. The van der Waals surface area contributed by atoms with Crippen molar-refractivity contribution in [2.75, 3.05) is 35.7 Å². The standard InChI is InChI=1S/C21H24F2N4O2/c1-14(28)24-19-12-20(18(23)11-17(19)22)25-21(29)26(2)16-9-6-10-27(13-16)15-7-4-3-5-8-15/h3-5,7-8,11-12,16H,6,9-10,13H2,1-2H3,(H,24,28)(H,25,29). The number of carbonyl (C=O) groups is 2. The molecule has 8 heteroatoms. The molecule has 1 atom stereocenters. The Labute approximate surface area is 168 Å². The second-order valence-corrected chi connectivity index (χ2v) is 7.11. The van der Waals surface area contributed by atoms with Crippen LogP contribution in [0.3, 0.4) is 0 Å². The molecule has 1 fully saturated rings. The molecular weight excluding hydrogens is 378 g/mol. The van der Waals surface area contributed by atoms with Gasteiger partial charge in [-0.3, -0.25) is 4.79 Å². The molecule has 0 spiro atoms. The van der Waals surface area contributed by atoms with Crippen molar-refractivity contribution < 1.29 is 18.4 Å². The third-order valence-electron chi connectivity index (χ3n) is 4.99. The van der Waals surface area contributed by atoms with E-state index in [0.29, 0.717) is 12.6 Å². The summed E-state index contributed by atoms with van der Waals surface area (Å²) in [5, 5.41) is 4.76. The molecule has 3 amide bonds. The van der Waals surface area contributed by atoms with Gasteiger partial charge in [-0.2, -0.15) is 0 Å². The quantitative estimate of drug-likeness (QED) is 0.811. The zero-order valence-corrected chi connectivity index (χ0v) is 16.4. The van der Waals surface area contributed by atoms with Crippen molar-refractivity contribution in [2.45, 2.75) is 25.8 Å². The third kappa shape index (κ3) is 5.01. The van der Waals surface area contributed by atoms with Gasteiger partial charge in [-0.15, -0.1) is 0 Å². The maximum atomic E-state index is 14.1. The number of likely N-dealkylation sites (N-methyl/N-ethyl adjacent to an activating group) is 1. The maximum absolute atomic E-state index is 14.1. The van der Waals surface area contributed by atoms with Crippen molar-refractivity contribution in [3.05, 3.63) is 54.1 Å². The maximum Gasteiger partial charge on any atom is 0.321 e. The first-order valence-corrected chi connectivity index (χ1v) is 9.45. The number of piperidine rings is 1. The van der Waals surface area contributed by atoms with Crippen molar-refractivity contribution in [1.29, 1.82) is 0 Å². The highest BCUT2D eigenvalue weighted by molar-refractivity contribution is 5.93. The Balaban J connectivity index is 1.69. The number of hydrogen-bond donors (Lipinski definition) is 2. The molecule has 1 aliphatic rings. The Bertz CT molecular complexity index is 892. The predicted octanol–water partition coefficient (Wildman–Crippen LogP) is 4.06. The molecule has 0 radical (unpaired) electrons. The first kappa shape index (κ1) is 20.6. The molecule has 2 aromatic carbocycles. The molecule has 1 unspecified atom stereocenters. The Kier molecular flexibility index (Phi) is 6.31. The molecule has 154 valence electrons. The molecule has 1 aliphatic heterocycles. The number of rotatable bonds is 4. The van der Waals surface area contributed by atoms with Crippen LogP contribution in [0.2, 0.25) is 0 Å². The Morgan fingerprint density at radius 2 is 1.72 bits per heavy atom. The van der Waals surface area contributed by atoms with Crippen LogP contribution in [-0.4, -0.2) is 43.0 Å². The highest BCUT2D eigenvalue weighted by Gasteiger charge is 2.27. The summed E-state index contributed by atoms with van der Waals surface area (Å²) in [5.74, 6) is -2.31. The van der Waals surface area contributed by atoms with E-state index in [1.54, 1.807) is 7.05 Å². The van der Waals surface area contributed by atoms with E-state index >= 15 is 0 Å². The molecule has 2 aromatic rings. The molecule has 1 saturated heterocycles. The summed E-state index contributed by atoms with van der Waals surface area (Å²) in [6.07, 6.45) is 1.76. The van der Waals surface area contributed by atoms with Crippen molar-refractivity contribution in [3.8, 4) is 0 Å². The summed E-state index contributed by atoms with van der Waals surface area (Å²) in [5.41, 5.74) is 0.711. The van der Waals surface area contributed by atoms with Gasteiger partial charge in [-0.25, -0.2) is 13.6 Å². The van der Waals surface area contributed by atoms with E-state index in [9.17, 15) is 18.4 Å². The van der Waals surface area contributed by atoms with Crippen molar-refractivity contribution in [2.24, 2.45) is 0 Å². The van der Waals surface area contributed by atoms with E-state index in [4.69, 9.17) is 0 Å². The van der Waals surface area contributed by atoms with Crippen molar-refractivity contribution >= 4 is 29.0 Å². The molecule has 3 rings (SSSR count). The molecule has 29 heavy (non-hydrogen) atoms. The number of amides is 3. The van der Waals surface area contributed by atoms with Gasteiger partial charge >= 0.3 is 6.03 Å². The fraction of sp³-hybridized carbons (Fsp3) is 0.333. The number of carbonyl (C=O) groups excluding carboxylic acids is 2. The van der Waals surface area contributed by atoms with Crippen LogP contribution in [0.25, 0.3) is 0 Å². The zero-order chi connectivity index (χ0) is 21.0. The number of para-hydroxylation sites is 1. The van der Waals surface area contributed by atoms with Gasteiger partial charge in [-0.05, 0) is 31.0 Å². The van der Waals surface area contributed by atoms with Gasteiger partial charge in [0, 0.05) is 38.8 Å². The second-order valence-electron chi connectivity index (χ2n) is 7.11. The van der Waals surface area contributed by atoms with E-state index in [1.807, 2.05) is 30.3 Å². The van der Waals surface area contributed by atoms with Gasteiger partial charge in [0.05, 0.1) is 17.4 Å². The van der Waals surface area contributed by atoms with E-state index in [0.717, 1.165) is 31.1 Å². The lowest BCUT2D eigenvalue weighted by atomic mass is 10.0. The van der Waals surface area contributed by atoms with Crippen LogP contribution in [-0.2, 0) is 4.79 Å². The Hall–Kier alpha value is -3.16.